The molecule has 0 amide bonds. The Labute approximate surface area is 137 Å². The summed E-state index contributed by atoms with van der Waals surface area (Å²) in [5.74, 6) is 0.0552. The van der Waals surface area contributed by atoms with Crippen molar-refractivity contribution in [2.75, 3.05) is 26.2 Å². The van der Waals surface area contributed by atoms with E-state index in [4.69, 9.17) is 4.42 Å². The molecule has 2 saturated heterocycles. The number of hydrogen-bond acceptors (Lipinski definition) is 5. The van der Waals surface area contributed by atoms with Crippen molar-refractivity contribution in [1.29, 1.82) is 0 Å². The fourth-order valence-electron chi connectivity index (χ4n) is 4.17. The first-order valence-corrected chi connectivity index (χ1v) is 8.61. The van der Waals surface area contributed by atoms with Crippen LogP contribution in [0.4, 0.5) is 0 Å². The third kappa shape index (κ3) is 3.58. The van der Waals surface area contributed by atoms with Crippen molar-refractivity contribution in [3.8, 4) is 0 Å². The molecule has 0 aliphatic carbocycles. The van der Waals surface area contributed by atoms with Gasteiger partial charge in [-0.3, -0.25) is 14.6 Å². The number of rotatable bonds is 5. The molecule has 1 aromatic rings. The van der Waals surface area contributed by atoms with Gasteiger partial charge in [-0.05, 0) is 50.7 Å². The standard InChI is InChI=1S/C17H27N3O3/c1-3-6-20-12-17(9-15(20)16(21)22)4-7-19(8-5-17)10-14-11-23-13(2)18-14/h11,15H,3-10,12H2,1-2H3,(H,21,22)/t15-/m1/s1. The van der Waals surface area contributed by atoms with E-state index in [9.17, 15) is 9.90 Å². The lowest BCUT2D eigenvalue weighted by Crippen LogP contribution is -2.41. The van der Waals surface area contributed by atoms with Gasteiger partial charge in [-0.2, -0.15) is 0 Å². The molecule has 3 heterocycles. The van der Waals surface area contributed by atoms with Crippen molar-refractivity contribution in [3.05, 3.63) is 17.8 Å². The van der Waals surface area contributed by atoms with E-state index in [1.54, 1.807) is 6.26 Å². The first-order chi connectivity index (χ1) is 11.0. The average molecular weight is 321 g/mol. The van der Waals surface area contributed by atoms with E-state index >= 15 is 0 Å². The highest BCUT2D eigenvalue weighted by Crippen LogP contribution is 2.43. The van der Waals surface area contributed by atoms with Gasteiger partial charge in [0.15, 0.2) is 5.89 Å². The van der Waals surface area contributed by atoms with Gasteiger partial charge in [0.1, 0.15) is 12.3 Å². The number of carboxylic acids is 1. The number of aryl methyl sites for hydroxylation is 1. The van der Waals surface area contributed by atoms with Crippen molar-refractivity contribution in [1.82, 2.24) is 14.8 Å². The zero-order chi connectivity index (χ0) is 16.4. The summed E-state index contributed by atoms with van der Waals surface area (Å²) in [6.45, 7) is 8.66. The van der Waals surface area contributed by atoms with Gasteiger partial charge in [0.2, 0.25) is 0 Å². The van der Waals surface area contributed by atoms with Crippen LogP contribution in [-0.4, -0.2) is 58.1 Å². The second kappa shape index (κ2) is 6.61. The number of aromatic nitrogens is 1. The predicted molar refractivity (Wildman–Crippen MR) is 86.1 cm³/mol. The molecule has 6 heteroatoms. The first kappa shape index (κ1) is 16.5. The molecule has 3 rings (SSSR count). The van der Waals surface area contributed by atoms with Crippen LogP contribution in [0.5, 0.6) is 0 Å². The molecule has 0 radical (unpaired) electrons. The van der Waals surface area contributed by atoms with Gasteiger partial charge in [-0.25, -0.2) is 4.98 Å². The molecule has 128 valence electrons. The van der Waals surface area contributed by atoms with Gasteiger partial charge in [0.25, 0.3) is 0 Å². The number of oxazole rings is 1. The zero-order valence-corrected chi connectivity index (χ0v) is 14.1. The SMILES string of the molecule is CCCN1CC2(CCN(Cc3coc(C)n3)CC2)C[C@@H]1C(=O)O. The van der Waals surface area contributed by atoms with Crippen molar-refractivity contribution >= 4 is 5.97 Å². The quantitative estimate of drug-likeness (QED) is 0.896. The molecule has 6 nitrogen and oxygen atoms in total. The third-order valence-corrected chi connectivity index (χ3v) is 5.37. The maximum absolute atomic E-state index is 11.5. The lowest BCUT2D eigenvalue weighted by Gasteiger charge is -2.39. The predicted octanol–water partition coefficient (Wildman–Crippen LogP) is 2.13. The number of likely N-dealkylation sites (tertiary alicyclic amines) is 2. The molecule has 1 spiro atoms. The summed E-state index contributed by atoms with van der Waals surface area (Å²) in [6, 6.07) is -0.292. The number of piperidine rings is 1. The van der Waals surface area contributed by atoms with Gasteiger partial charge in [0.05, 0.1) is 5.69 Å². The summed E-state index contributed by atoms with van der Waals surface area (Å²) in [4.78, 5) is 20.5. The molecule has 0 bridgehead atoms. The van der Waals surface area contributed by atoms with E-state index in [1.807, 2.05) is 6.92 Å². The maximum atomic E-state index is 11.5. The van der Waals surface area contributed by atoms with Gasteiger partial charge in [-0.15, -0.1) is 0 Å². The fourth-order valence-corrected chi connectivity index (χ4v) is 4.17. The van der Waals surface area contributed by atoms with Crippen LogP contribution in [0.2, 0.25) is 0 Å². The second-order valence-electron chi connectivity index (χ2n) is 7.16. The van der Waals surface area contributed by atoms with E-state index in [2.05, 4.69) is 21.7 Å². The Morgan fingerprint density at radius 2 is 2.22 bits per heavy atom. The Balaban J connectivity index is 1.58. The topological polar surface area (TPSA) is 69.8 Å². The highest BCUT2D eigenvalue weighted by molar-refractivity contribution is 5.74. The number of carboxylic acid groups (broad SMARTS) is 1. The Kier molecular flexibility index (Phi) is 4.73. The van der Waals surface area contributed by atoms with Crippen molar-refractivity contribution < 1.29 is 14.3 Å². The molecule has 1 aromatic heterocycles. The Bertz CT molecular complexity index is 549. The molecule has 2 aliphatic heterocycles. The lowest BCUT2D eigenvalue weighted by atomic mass is 9.76. The minimum Gasteiger partial charge on any atom is -0.480 e. The van der Waals surface area contributed by atoms with Crippen LogP contribution in [0, 0.1) is 12.3 Å². The van der Waals surface area contributed by atoms with E-state index in [1.165, 1.54) is 0 Å². The average Bonchev–Trinajstić information content (AvgIpc) is 3.07. The molecule has 0 unspecified atom stereocenters. The number of aliphatic carboxylic acids is 1. The molecular weight excluding hydrogens is 294 g/mol. The minimum atomic E-state index is -0.657. The second-order valence-corrected chi connectivity index (χ2v) is 7.16. The van der Waals surface area contributed by atoms with Crippen molar-refractivity contribution in [2.24, 2.45) is 5.41 Å². The Morgan fingerprint density at radius 3 is 2.78 bits per heavy atom. The molecule has 1 N–H and O–H groups in total. The number of carbonyl (C=O) groups is 1. The van der Waals surface area contributed by atoms with Crippen molar-refractivity contribution in [2.45, 2.75) is 52.1 Å². The van der Waals surface area contributed by atoms with Gasteiger partial charge in [0, 0.05) is 20.0 Å². The highest BCUT2D eigenvalue weighted by atomic mass is 16.4. The largest absolute Gasteiger partial charge is 0.480 e. The van der Waals surface area contributed by atoms with E-state index < -0.39 is 5.97 Å². The van der Waals surface area contributed by atoms with Crippen LogP contribution in [-0.2, 0) is 11.3 Å². The summed E-state index contributed by atoms with van der Waals surface area (Å²) in [7, 11) is 0. The lowest BCUT2D eigenvalue weighted by molar-refractivity contribution is -0.142. The zero-order valence-electron chi connectivity index (χ0n) is 14.1. The molecule has 2 aliphatic rings. The van der Waals surface area contributed by atoms with Crippen LogP contribution < -0.4 is 0 Å². The minimum absolute atomic E-state index is 0.189. The molecule has 2 fully saturated rings. The first-order valence-electron chi connectivity index (χ1n) is 8.61. The van der Waals surface area contributed by atoms with Crippen LogP contribution in [0.3, 0.4) is 0 Å². The van der Waals surface area contributed by atoms with Crippen molar-refractivity contribution in [3.63, 3.8) is 0 Å². The van der Waals surface area contributed by atoms with Crippen LogP contribution >= 0.6 is 0 Å². The molecule has 1 atom stereocenters. The summed E-state index contributed by atoms with van der Waals surface area (Å²) < 4.78 is 5.27. The van der Waals surface area contributed by atoms with Gasteiger partial charge in [-0.1, -0.05) is 6.92 Å². The Morgan fingerprint density at radius 1 is 1.48 bits per heavy atom. The maximum Gasteiger partial charge on any atom is 0.320 e. The van der Waals surface area contributed by atoms with Crippen LogP contribution in [0.1, 0.15) is 44.2 Å². The van der Waals surface area contributed by atoms with Crippen LogP contribution in [0.25, 0.3) is 0 Å². The molecular formula is C17H27N3O3. The summed E-state index contributed by atoms with van der Waals surface area (Å²) in [5, 5.41) is 9.50. The van der Waals surface area contributed by atoms with E-state index in [0.29, 0.717) is 5.89 Å². The molecule has 0 saturated carbocycles. The van der Waals surface area contributed by atoms with Gasteiger partial charge < -0.3 is 9.52 Å². The van der Waals surface area contributed by atoms with Gasteiger partial charge >= 0.3 is 5.97 Å². The highest BCUT2D eigenvalue weighted by Gasteiger charge is 2.47. The number of nitrogens with zero attached hydrogens (tertiary/aromatic N) is 3. The molecule has 0 aromatic carbocycles. The number of hydrogen-bond donors (Lipinski definition) is 1. The third-order valence-electron chi connectivity index (χ3n) is 5.37. The normalized spacial score (nSPS) is 25.2. The van der Waals surface area contributed by atoms with E-state index in [0.717, 1.165) is 64.1 Å². The Hall–Kier alpha value is -1.40. The van der Waals surface area contributed by atoms with Crippen LogP contribution in [0.15, 0.2) is 10.7 Å². The smallest absolute Gasteiger partial charge is 0.320 e. The van der Waals surface area contributed by atoms with E-state index in [-0.39, 0.29) is 11.5 Å². The monoisotopic (exact) mass is 321 g/mol. The fraction of sp³-hybridized carbons (Fsp3) is 0.765. The summed E-state index contributed by atoms with van der Waals surface area (Å²) >= 11 is 0. The molecule has 23 heavy (non-hydrogen) atoms. The summed E-state index contributed by atoms with van der Waals surface area (Å²) in [5.41, 5.74) is 1.18. The summed E-state index contributed by atoms with van der Waals surface area (Å²) in [6.07, 6.45) is 5.71.